The van der Waals surface area contributed by atoms with E-state index in [0.29, 0.717) is 53.6 Å². The molecule has 26 nitrogen and oxygen atoms in total. The number of aromatic nitrogens is 6. The van der Waals surface area contributed by atoms with E-state index in [2.05, 4.69) is 31.9 Å². The highest BCUT2D eigenvalue weighted by Gasteiger charge is 2.32. The molecule has 26 heteroatoms. The second-order valence-corrected chi connectivity index (χ2v) is 22.5. The standard InChI is InChI=1S/3C24H22N4O4.C2H4O2/c3*1-3-11-32-18-9-10-19(15(2)12-18)21-16(13-20-22(29)25-24(31)26-23(20)30)14-28(27-21)17-7-5-4-6-8-17;1-2(3)4/h3*4-10,12-14H,3,11H2,1-2H3,(H2,25,26,29,30,31);1H3,(H,3,4). The van der Waals surface area contributed by atoms with Gasteiger partial charge in [-0.05, 0) is 166 Å². The molecule has 12 rings (SSSR count). The van der Waals surface area contributed by atoms with Gasteiger partial charge in [-0.3, -0.25) is 65.5 Å². The maximum Gasteiger partial charge on any atom is 0.328 e. The lowest BCUT2D eigenvalue weighted by atomic mass is 10.0. The summed E-state index contributed by atoms with van der Waals surface area (Å²) in [5.74, 6) is -3.06. The topological polar surface area (TPSA) is 344 Å². The first-order valence-electron chi connectivity index (χ1n) is 31.6. The third-order valence-electron chi connectivity index (χ3n) is 14.8. The van der Waals surface area contributed by atoms with Crippen molar-refractivity contribution in [1.82, 2.24) is 61.2 Å². The summed E-state index contributed by atoms with van der Waals surface area (Å²) >= 11 is 0. The average Bonchev–Trinajstić information content (AvgIpc) is 1.64. The molecular formula is C74H70N12O14. The number of carboxylic acids is 1. The minimum atomic E-state index is -0.837. The molecule has 510 valence electrons. The van der Waals surface area contributed by atoms with Crippen LogP contribution >= 0.6 is 0 Å². The predicted molar refractivity (Wildman–Crippen MR) is 371 cm³/mol. The number of ether oxygens (including phenoxy) is 3. The highest BCUT2D eigenvalue weighted by Crippen LogP contribution is 2.35. The van der Waals surface area contributed by atoms with Gasteiger partial charge in [-0.2, -0.15) is 15.3 Å². The number of barbiturate groups is 3. The molecule has 7 N–H and O–H groups in total. The molecule has 6 heterocycles. The zero-order valence-corrected chi connectivity index (χ0v) is 55.5. The maximum atomic E-state index is 12.3. The summed E-state index contributed by atoms with van der Waals surface area (Å²) in [5, 5.41) is 34.2. The van der Waals surface area contributed by atoms with E-state index in [1.807, 2.05) is 187 Å². The summed E-state index contributed by atoms with van der Waals surface area (Å²) in [6, 6.07) is 43.1. The Morgan fingerprint density at radius 2 is 0.620 bits per heavy atom. The van der Waals surface area contributed by atoms with Crippen molar-refractivity contribution in [2.24, 2.45) is 0 Å². The molecule has 9 aromatic rings. The van der Waals surface area contributed by atoms with Crippen LogP contribution in [0.15, 0.2) is 181 Å². The van der Waals surface area contributed by atoms with E-state index < -0.39 is 59.5 Å². The minimum absolute atomic E-state index is 0.168. The summed E-state index contributed by atoms with van der Waals surface area (Å²) < 4.78 is 22.2. The molecule has 3 aromatic heterocycles. The van der Waals surface area contributed by atoms with Crippen molar-refractivity contribution < 1.29 is 67.3 Å². The molecule has 3 saturated heterocycles. The van der Waals surface area contributed by atoms with Crippen LogP contribution in [0.4, 0.5) is 14.4 Å². The number of rotatable bonds is 18. The van der Waals surface area contributed by atoms with Crippen LogP contribution in [0.25, 0.3) is 69.1 Å². The molecule has 0 bridgehead atoms. The van der Waals surface area contributed by atoms with Gasteiger partial charge in [0.1, 0.15) is 51.0 Å². The van der Waals surface area contributed by atoms with Crippen molar-refractivity contribution >= 4 is 77.7 Å². The molecule has 0 spiro atoms. The van der Waals surface area contributed by atoms with E-state index in [1.165, 1.54) is 18.2 Å². The number of aryl methyl sites for hydroxylation is 3. The third-order valence-corrected chi connectivity index (χ3v) is 14.8. The molecule has 3 fully saturated rings. The van der Waals surface area contributed by atoms with Gasteiger partial charge in [0.2, 0.25) is 0 Å². The molecule has 0 unspecified atom stereocenters. The molecule has 6 aromatic carbocycles. The molecule has 0 saturated carbocycles. The monoisotopic (exact) mass is 1350 g/mol. The Morgan fingerprint density at radius 1 is 0.390 bits per heavy atom. The summed E-state index contributed by atoms with van der Waals surface area (Å²) in [6.45, 7) is 14.9. The van der Waals surface area contributed by atoms with Gasteiger partial charge in [0.05, 0.1) is 36.9 Å². The number of imide groups is 6. The molecule has 0 atom stereocenters. The van der Waals surface area contributed by atoms with Crippen molar-refractivity contribution in [3.05, 3.63) is 214 Å². The number of benzene rings is 6. The van der Waals surface area contributed by atoms with E-state index in [0.717, 1.165) is 93.9 Å². The molecule has 3 aliphatic rings. The van der Waals surface area contributed by atoms with E-state index in [9.17, 15) is 43.2 Å². The molecule has 100 heavy (non-hydrogen) atoms. The summed E-state index contributed by atoms with van der Waals surface area (Å²) in [6.07, 6.45) is 12.3. The van der Waals surface area contributed by atoms with Crippen molar-refractivity contribution in [1.29, 1.82) is 0 Å². The lowest BCUT2D eigenvalue weighted by Gasteiger charge is -2.14. The number of hydrogen-bond donors (Lipinski definition) is 7. The lowest BCUT2D eigenvalue weighted by Crippen LogP contribution is -2.51. The number of nitrogens with one attached hydrogen (secondary N) is 6. The first kappa shape index (κ1) is 71.2. The van der Waals surface area contributed by atoms with Gasteiger partial charge in [-0.1, -0.05) is 75.4 Å². The summed E-state index contributed by atoms with van der Waals surface area (Å²) in [7, 11) is 0. The second-order valence-electron chi connectivity index (χ2n) is 22.5. The van der Waals surface area contributed by atoms with E-state index >= 15 is 0 Å². The number of nitrogens with zero attached hydrogens (tertiary/aromatic N) is 6. The molecular weight excluding hydrogens is 1280 g/mol. The zero-order valence-electron chi connectivity index (χ0n) is 55.5. The normalized spacial score (nSPS) is 13.3. The van der Waals surface area contributed by atoms with Gasteiger partial charge in [-0.15, -0.1) is 0 Å². The van der Waals surface area contributed by atoms with Crippen molar-refractivity contribution in [2.45, 2.75) is 67.7 Å². The van der Waals surface area contributed by atoms with Crippen LogP contribution in [-0.4, -0.2) is 114 Å². The first-order chi connectivity index (χ1) is 48.1. The van der Waals surface area contributed by atoms with E-state index in [1.54, 1.807) is 32.6 Å². The zero-order chi connectivity index (χ0) is 71.6. The van der Waals surface area contributed by atoms with Crippen LogP contribution in [0.3, 0.4) is 0 Å². The Hall–Kier alpha value is -13.1. The fourth-order valence-electron chi connectivity index (χ4n) is 10.2. The van der Waals surface area contributed by atoms with Crippen LogP contribution < -0.4 is 46.1 Å². The van der Waals surface area contributed by atoms with Crippen molar-refractivity contribution in [3.8, 4) is 68.1 Å². The maximum absolute atomic E-state index is 12.3. The van der Waals surface area contributed by atoms with E-state index in [4.69, 9.17) is 39.4 Å². The van der Waals surface area contributed by atoms with E-state index in [-0.39, 0.29) is 16.7 Å². The Bertz CT molecular complexity index is 4190. The van der Waals surface area contributed by atoms with Crippen LogP contribution in [0, 0.1) is 20.8 Å². The number of urea groups is 3. The largest absolute Gasteiger partial charge is 0.494 e. The highest BCUT2D eigenvalue weighted by molar-refractivity contribution is 6.33. The molecule has 0 radical (unpaired) electrons. The van der Waals surface area contributed by atoms with Crippen LogP contribution in [0.2, 0.25) is 0 Å². The smallest absolute Gasteiger partial charge is 0.328 e. The van der Waals surface area contributed by atoms with Gasteiger partial charge < -0.3 is 19.3 Å². The first-order valence-corrected chi connectivity index (χ1v) is 31.6. The number of aliphatic carboxylic acids is 1. The fourth-order valence-corrected chi connectivity index (χ4v) is 10.2. The van der Waals surface area contributed by atoms with Crippen LogP contribution in [0.1, 0.15) is 80.3 Å². The summed E-state index contributed by atoms with van der Waals surface area (Å²) in [4.78, 5) is 117. The molecule has 3 aliphatic heterocycles. The Morgan fingerprint density at radius 3 is 0.830 bits per heavy atom. The van der Waals surface area contributed by atoms with Crippen LogP contribution in [-0.2, 0) is 33.6 Å². The average molecular weight is 1350 g/mol. The van der Waals surface area contributed by atoms with Gasteiger partial charge in [0.15, 0.2) is 0 Å². The number of carboxylic acid groups (broad SMARTS) is 1. The van der Waals surface area contributed by atoms with Crippen molar-refractivity contribution in [2.75, 3.05) is 19.8 Å². The molecule has 12 amide bonds. The number of para-hydroxylation sites is 3. The second kappa shape index (κ2) is 33.0. The predicted octanol–water partition coefficient (Wildman–Crippen LogP) is 10.2. The Kier molecular flexibility index (Phi) is 23.5. The SMILES string of the molecule is CC(=O)O.CCCOc1ccc(-c2nn(-c3ccccc3)cc2C=C2C(=O)NC(=O)NC2=O)c(C)c1.CCCOc1ccc(-c2nn(-c3ccccc3)cc2C=C2C(=O)NC(=O)NC2=O)c(C)c1.CCCOc1ccc(-c2nn(-c3ccccc3)cc2C=C2C(=O)NC(=O)NC2=O)c(C)c1. The van der Waals surface area contributed by atoms with Gasteiger partial charge >= 0.3 is 18.1 Å². The lowest BCUT2D eigenvalue weighted by molar-refractivity contribution is -0.134. The van der Waals surface area contributed by atoms with Crippen LogP contribution in [0.5, 0.6) is 17.2 Å². The Balaban J connectivity index is 0.000000170. The minimum Gasteiger partial charge on any atom is -0.494 e. The van der Waals surface area contributed by atoms with Gasteiger partial charge in [0.25, 0.3) is 41.4 Å². The molecule has 0 aliphatic carbocycles. The van der Waals surface area contributed by atoms with Crippen molar-refractivity contribution in [3.63, 3.8) is 0 Å². The van der Waals surface area contributed by atoms with Gasteiger partial charge in [0, 0.05) is 58.9 Å². The summed E-state index contributed by atoms with van der Waals surface area (Å²) in [5.41, 5.74) is 10.8. The quantitative estimate of drug-likeness (QED) is 0.0310. The number of carbonyl (C=O) groups excluding carboxylic acids is 9. The third kappa shape index (κ3) is 18.0. The highest BCUT2D eigenvalue weighted by atomic mass is 16.5. The number of hydrogen-bond acceptors (Lipinski definition) is 16. The number of amides is 12. The Labute approximate surface area is 573 Å². The fraction of sp³-hybridized carbons (Fsp3) is 0.176. The van der Waals surface area contributed by atoms with Gasteiger partial charge in [-0.25, -0.2) is 28.4 Å². The number of carbonyl (C=O) groups is 10.